The van der Waals surface area contributed by atoms with Crippen LogP contribution in [-0.2, 0) is 13.1 Å². The third-order valence-electron chi connectivity index (χ3n) is 5.22. The van der Waals surface area contributed by atoms with Crippen molar-refractivity contribution in [2.24, 2.45) is 0 Å². The summed E-state index contributed by atoms with van der Waals surface area (Å²) in [5.41, 5.74) is 6.06. The fourth-order valence-electron chi connectivity index (χ4n) is 3.35. The van der Waals surface area contributed by atoms with E-state index < -0.39 is 0 Å². The van der Waals surface area contributed by atoms with Gasteiger partial charge in [0, 0.05) is 47.2 Å². The highest BCUT2D eigenvalue weighted by atomic mass is 32.1. The first-order chi connectivity index (χ1) is 13.6. The smallest absolute Gasteiger partial charge is 0.123 e. The van der Waals surface area contributed by atoms with Gasteiger partial charge in [0.25, 0.3) is 0 Å². The Kier molecular flexibility index (Phi) is 5.57. The second-order valence-electron chi connectivity index (χ2n) is 7.38. The molecule has 5 heteroatoms. The van der Waals surface area contributed by atoms with Gasteiger partial charge in [-0.2, -0.15) is 0 Å². The first-order valence-corrected chi connectivity index (χ1v) is 10.5. The molecule has 144 valence electrons. The number of benzene rings is 2. The molecule has 1 atom stereocenters. The van der Waals surface area contributed by atoms with Crippen LogP contribution in [-0.4, -0.2) is 29.0 Å². The summed E-state index contributed by atoms with van der Waals surface area (Å²) in [5.74, 6) is 0. The molecule has 0 fully saturated rings. The summed E-state index contributed by atoms with van der Waals surface area (Å²) in [6.45, 7) is 3.87. The molecule has 2 heterocycles. The first-order valence-electron chi connectivity index (χ1n) is 9.58. The number of aromatic amines is 1. The minimum Gasteiger partial charge on any atom is -0.361 e. The normalized spacial score (nSPS) is 12.7. The van der Waals surface area contributed by atoms with Gasteiger partial charge in [0.15, 0.2) is 0 Å². The van der Waals surface area contributed by atoms with Crippen molar-refractivity contribution in [2.45, 2.75) is 26.1 Å². The van der Waals surface area contributed by atoms with Gasteiger partial charge in [-0.25, -0.2) is 4.98 Å². The molecule has 2 aromatic carbocycles. The highest BCUT2D eigenvalue weighted by Crippen LogP contribution is 2.32. The van der Waals surface area contributed by atoms with Crippen LogP contribution in [0.5, 0.6) is 0 Å². The third-order valence-corrected chi connectivity index (χ3v) is 6.16. The van der Waals surface area contributed by atoms with Gasteiger partial charge in [-0.3, -0.25) is 0 Å². The Morgan fingerprint density at radius 3 is 2.71 bits per heavy atom. The van der Waals surface area contributed by atoms with Gasteiger partial charge in [-0.15, -0.1) is 11.3 Å². The van der Waals surface area contributed by atoms with Crippen LogP contribution in [0.4, 0.5) is 0 Å². The number of nitrogens with zero attached hydrogens (tertiary/aromatic N) is 2. The molecule has 0 amide bonds. The molecule has 0 aliphatic carbocycles. The van der Waals surface area contributed by atoms with E-state index in [1.807, 2.05) is 6.07 Å². The van der Waals surface area contributed by atoms with Gasteiger partial charge in [-0.05, 0) is 50.3 Å². The van der Waals surface area contributed by atoms with Crippen molar-refractivity contribution < 1.29 is 0 Å². The van der Waals surface area contributed by atoms with E-state index in [1.54, 1.807) is 11.3 Å². The summed E-state index contributed by atoms with van der Waals surface area (Å²) in [6, 6.07) is 17.4. The number of fused-ring (bicyclic) bond motifs is 1. The van der Waals surface area contributed by atoms with Crippen LogP contribution in [0, 0.1) is 0 Å². The molecule has 0 aliphatic rings. The lowest BCUT2D eigenvalue weighted by Crippen LogP contribution is -2.16. The molecular formula is C23H26N4S. The molecule has 28 heavy (non-hydrogen) atoms. The molecule has 2 aromatic heterocycles. The van der Waals surface area contributed by atoms with Gasteiger partial charge < -0.3 is 15.2 Å². The molecule has 0 saturated carbocycles. The lowest BCUT2D eigenvalue weighted by atomic mass is 10.0. The Morgan fingerprint density at radius 1 is 1.11 bits per heavy atom. The molecule has 0 bridgehead atoms. The minimum atomic E-state index is 0.359. The maximum absolute atomic E-state index is 4.85. The highest BCUT2D eigenvalue weighted by Gasteiger charge is 2.14. The number of rotatable bonds is 7. The zero-order chi connectivity index (χ0) is 19.5. The quantitative estimate of drug-likeness (QED) is 0.456. The van der Waals surface area contributed by atoms with Crippen molar-refractivity contribution in [3.8, 4) is 10.6 Å². The summed E-state index contributed by atoms with van der Waals surface area (Å²) < 4.78 is 0. The number of nitrogens with one attached hydrogen (secondary N) is 2. The fourth-order valence-corrected chi connectivity index (χ4v) is 4.17. The zero-order valence-electron chi connectivity index (χ0n) is 16.6. The standard InChI is InChI=1S/C23H26N4S/c1-16(27(2)3)21-14-25-22-10-9-18(11-20(21)22)23-26-19(15-28-23)13-24-12-17-7-5-4-6-8-17/h4-11,14-16,24-25H,12-13H2,1-3H3. The predicted octanol–water partition coefficient (Wildman–Crippen LogP) is 5.20. The maximum atomic E-state index is 4.85. The second kappa shape index (κ2) is 8.27. The molecule has 0 aliphatic heterocycles. The Hall–Kier alpha value is -2.47. The summed E-state index contributed by atoms with van der Waals surface area (Å²) in [7, 11) is 4.23. The Bertz CT molecular complexity index is 1050. The van der Waals surface area contributed by atoms with E-state index in [9.17, 15) is 0 Å². The van der Waals surface area contributed by atoms with E-state index in [0.29, 0.717) is 6.04 Å². The number of hydrogen-bond donors (Lipinski definition) is 2. The molecule has 1 unspecified atom stereocenters. The van der Waals surface area contributed by atoms with Gasteiger partial charge in [0.1, 0.15) is 5.01 Å². The van der Waals surface area contributed by atoms with Crippen LogP contribution in [0.25, 0.3) is 21.5 Å². The summed E-state index contributed by atoms with van der Waals surface area (Å²) in [4.78, 5) is 10.5. The van der Waals surface area contributed by atoms with Gasteiger partial charge in [0.05, 0.1) is 5.69 Å². The SMILES string of the molecule is CC(c1c[nH]c2ccc(-c3nc(CNCc4ccccc4)cs3)cc12)N(C)C. The minimum absolute atomic E-state index is 0.359. The molecular weight excluding hydrogens is 364 g/mol. The fraction of sp³-hybridized carbons (Fsp3) is 0.261. The lowest BCUT2D eigenvalue weighted by molar-refractivity contribution is 0.323. The lowest BCUT2D eigenvalue weighted by Gasteiger charge is -2.19. The first kappa shape index (κ1) is 18.9. The summed E-state index contributed by atoms with van der Waals surface area (Å²) >= 11 is 1.71. The average molecular weight is 391 g/mol. The predicted molar refractivity (Wildman–Crippen MR) is 118 cm³/mol. The van der Waals surface area contributed by atoms with Crippen molar-refractivity contribution in [3.63, 3.8) is 0 Å². The van der Waals surface area contributed by atoms with Crippen molar-refractivity contribution in [1.82, 2.24) is 20.2 Å². The van der Waals surface area contributed by atoms with Crippen molar-refractivity contribution in [2.75, 3.05) is 14.1 Å². The summed E-state index contributed by atoms with van der Waals surface area (Å²) in [5, 5.41) is 7.98. The molecule has 0 saturated heterocycles. The van der Waals surface area contributed by atoms with Crippen LogP contribution in [0.15, 0.2) is 60.1 Å². The Labute approximate surface area is 170 Å². The van der Waals surface area contributed by atoms with E-state index in [1.165, 1.54) is 27.6 Å². The monoisotopic (exact) mass is 390 g/mol. The van der Waals surface area contributed by atoms with Gasteiger partial charge in [0.2, 0.25) is 0 Å². The average Bonchev–Trinajstić information content (AvgIpc) is 3.34. The topological polar surface area (TPSA) is 44.0 Å². The van der Waals surface area contributed by atoms with E-state index in [-0.39, 0.29) is 0 Å². The zero-order valence-corrected chi connectivity index (χ0v) is 17.4. The molecule has 4 rings (SSSR count). The van der Waals surface area contributed by atoms with E-state index in [4.69, 9.17) is 4.98 Å². The van der Waals surface area contributed by atoms with Crippen LogP contribution < -0.4 is 5.32 Å². The number of hydrogen-bond acceptors (Lipinski definition) is 4. The van der Waals surface area contributed by atoms with E-state index in [0.717, 1.165) is 23.8 Å². The van der Waals surface area contributed by atoms with Crippen molar-refractivity contribution >= 4 is 22.2 Å². The number of aromatic nitrogens is 2. The van der Waals surface area contributed by atoms with Gasteiger partial charge in [-0.1, -0.05) is 30.3 Å². The van der Waals surface area contributed by atoms with Crippen LogP contribution in [0.3, 0.4) is 0 Å². The summed E-state index contributed by atoms with van der Waals surface area (Å²) in [6.07, 6.45) is 2.12. The molecule has 0 spiro atoms. The Balaban J connectivity index is 1.50. The maximum Gasteiger partial charge on any atom is 0.123 e. The largest absolute Gasteiger partial charge is 0.361 e. The molecule has 0 radical (unpaired) electrons. The van der Waals surface area contributed by atoms with Crippen LogP contribution >= 0.6 is 11.3 Å². The molecule has 4 aromatic rings. The van der Waals surface area contributed by atoms with E-state index >= 15 is 0 Å². The second-order valence-corrected chi connectivity index (χ2v) is 8.24. The number of thiazole rings is 1. The van der Waals surface area contributed by atoms with Gasteiger partial charge >= 0.3 is 0 Å². The highest BCUT2D eigenvalue weighted by molar-refractivity contribution is 7.13. The third kappa shape index (κ3) is 4.02. The molecule has 4 nitrogen and oxygen atoms in total. The molecule has 2 N–H and O–H groups in total. The number of H-pyrrole nitrogens is 1. The van der Waals surface area contributed by atoms with Crippen LogP contribution in [0.1, 0.15) is 29.8 Å². The Morgan fingerprint density at radius 2 is 1.93 bits per heavy atom. The van der Waals surface area contributed by atoms with Crippen LogP contribution in [0.2, 0.25) is 0 Å². The van der Waals surface area contributed by atoms with E-state index in [2.05, 4.69) is 90.3 Å². The van der Waals surface area contributed by atoms with Crippen molar-refractivity contribution in [3.05, 3.63) is 76.9 Å². The van der Waals surface area contributed by atoms with Crippen molar-refractivity contribution in [1.29, 1.82) is 0 Å².